The number of carbonyl (C=O) groups excluding carboxylic acids is 1. The maximum Gasteiger partial charge on any atom is 0.573 e. The SMILES string of the molecule is N#Cc1c(N)nc2sc(C(=O)Nc3ccc(OC(F)(F)F)cc3)c(N)c2c1-c1ccccc1. The molecule has 0 aliphatic carbocycles. The zero-order chi connectivity index (χ0) is 23.8. The minimum atomic E-state index is -4.82. The van der Waals surface area contributed by atoms with Crippen molar-refractivity contribution in [3.05, 3.63) is 65.0 Å². The van der Waals surface area contributed by atoms with E-state index in [4.69, 9.17) is 11.5 Å². The average molecular weight is 469 g/mol. The van der Waals surface area contributed by atoms with Gasteiger partial charge in [0.1, 0.15) is 32.9 Å². The Morgan fingerprint density at radius 1 is 1.09 bits per heavy atom. The molecule has 0 aliphatic heterocycles. The first kappa shape index (κ1) is 21.9. The van der Waals surface area contributed by atoms with Crippen molar-refractivity contribution >= 4 is 44.7 Å². The van der Waals surface area contributed by atoms with Gasteiger partial charge in [-0.15, -0.1) is 24.5 Å². The maximum atomic E-state index is 12.9. The number of nitrogens with two attached hydrogens (primary N) is 2. The molecule has 4 rings (SSSR count). The highest BCUT2D eigenvalue weighted by Gasteiger charge is 2.31. The lowest BCUT2D eigenvalue weighted by molar-refractivity contribution is -0.274. The van der Waals surface area contributed by atoms with Gasteiger partial charge in [0, 0.05) is 16.6 Å². The molecule has 5 N–H and O–H groups in total. The molecule has 4 aromatic rings. The summed E-state index contributed by atoms with van der Waals surface area (Å²) in [6.07, 6.45) is -4.82. The Labute approximate surface area is 189 Å². The van der Waals surface area contributed by atoms with Crippen LogP contribution in [0.25, 0.3) is 21.3 Å². The van der Waals surface area contributed by atoms with Gasteiger partial charge in [-0.1, -0.05) is 30.3 Å². The number of hydrogen-bond donors (Lipinski definition) is 3. The standard InChI is InChI=1S/C22H14F3N5O2S/c23-22(24,25)32-13-8-6-12(7-9-13)29-20(31)18-17(27)16-15(11-4-2-1-3-5-11)14(10-26)19(28)30-21(16)33-18/h1-9H,27H2,(H2,28,30)(H,29,31). The Kier molecular flexibility index (Phi) is 5.53. The summed E-state index contributed by atoms with van der Waals surface area (Å²) in [6.45, 7) is 0. The van der Waals surface area contributed by atoms with Crippen molar-refractivity contribution in [3.63, 3.8) is 0 Å². The van der Waals surface area contributed by atoms with Crippen molar-refractivity contribution in [1.29, 1.82) is 5.26 Å². The second-order valence-corrected chi connectivity index (χ2v) is 7.78. The van der Waals surface area contributed by atoms with Gasteiger partial charge in [0.15, 0.2) is 0 Å². The van der Waals surface area contributed by atoms with Crippen LogP contribution in [0.15, 0.2) is 54.6 Å². The first-order valence-corrected chi connectivity index (χ1v) is 10.1. The van der Waals surface area contributed by atoms with Gasteiger partial charge in [-0.3, -0.25) is 4.79 Å². The molecule has 0 aliphatic rings. The van der Waals surface area contributed by atoms with Crippen LogP contribution in [0.2, 0.25) is 0 Å². The summed E-state index contributed by atoms with van der Waals surface area (Å²) in [4.78, 5) is 17.6. The summed E-state index contributed by atoms with van der Waals surface area (Å²) < 4.78 is 40.8. The van der Waals surface area contributed by atoms with Gasteiger partial charge < -0.3 is 21.5 Å². The minimum Gasteiger partial charge on any atom is -0.406 e. The Balaban J connectivity index is 1.73. The number of nitrogens with zero attached hydrogens (tertiary/aromatic N) is 2. The van der Waals surface area contributed by atoms with E-state index in [9.17, 15) is 23.2 Å². The highest BCUT2D eigenvalue weighted by molar-refractivity contribution is 7.21. The molecular weight excluding hydrogens is 455 g/mol. The highest BCUT2D eigenvalue weighted by Crippen LogP contribution is 2.42. The number of ether oxygens (including phenoxy) is 1. The Morgan fingerprint density at radius 3 is 2.36 bits per heavy atom. The van der Waals surface area contributed by atoms with Gasteiger partial charge in [-0.05, 0) is 29.8 Å². The first-order chi connectivity index (χ1) is 15.7. The zero-order valence-corrected chi connectivity index (χ0v) is 17.4. The summed E-state index contributed by atoms with van der Waals surface area (Å²) in [6, 6.07) is 15.7. The van der Waals surface area contributed by atoms with Gasteiger partial charge in [-0.25, -0.2) is 4.98 Å². The number of pyridine rings is 1. The average Bonchev–Trinajstić information content (AvgIpc) is 3.09. The van der Waals surface area contributed by atoms with Gasteiger partial charge in [0.05, 0.1) is 5.69 Å². The number of halogens is 3. The second-order valence-electron chi connectivity index (χ2n) is 6.78. The normalized spacial score (nSPS) is 11.2. The fraction of sp³-hybridized carbons (Fsp3) is 0.0455. The number of fused-ring (bicyclic) bond motifs is 1. The minimum absolute atomic E-state index is 0.0114. The molecule has 2 aromatic heterocycles. The van der Waals surface area contributed by atoms with Crippen molar-refractivity contribution in [2.24, 2.45) is 0 Å². The number of benzene rings is 2. The largest absolute Gasteiger partial charge is 0.573 e. The van der Waals surface area contributed by atoms with E-state index < -0.39 is 18.0 Å². The predicted molar refractivity (Wildman–Crippen MR) is 120 cm³/mol. The third kappa shape index (κ3) is 4.37. The number of alkyl halides is 3. The van der Waals surface area contributed by atoms with Gasteiger partial charge >= 0.3 is 6.36 Å². The molecule has 7 nitrogen and oxygen atoms in total. The van der Waals surface area contributed by atoms with E-state index in [0.717, 1.165) is 23.5 Å². The van der Waals surface area contributed by atoms with Crippen LogP contribution in [0.5, 0.6) is 5.75 Å². The van der Waals surface area contributed by atoms with Crippen molar-refractivity contribution < 1.29 is 22.7 Å². The molecule has 2 aromatic carbocycles. The molecule has 1 amide bonds. The number of hydrogen-bond acceptors (Lipinski definition) is 7. The van der Waals surface area contributed by atoms with Crippen LogP contribution < -0.4 is 21.5 Å². The number of aromatic nitrogens is 1. The molecule has 0 saturated carbocycles. The third-order valence-corrected chi connectivity index (χ3v) is 5.73. The molecule has 0 unspecified atom stereocenters. The van der Waals surface area contributed by atoms with Crippen molar-refractivity contribution in [2.75, 3.05) is 16.8 Å². The van der Waals surface area contributed by atoms with E-state index in [2.05, 4.69) is 21.1 Å². The molecule has 0 saturated heterocycles. The van der Waals surface area contributed by atoms with Crippen LogP contribution in [0.1, 0.15) is 15.2 Å². The number of carbonyl (C=O) groups is 1. The van der Waals surface area contributed by atoms with Crippen molar-refractivity contribution in [1.82, 2.24) is 4.98 Å². The van der Waals surface area contributed by atoms with Gasteiger partial charge in [0.2, 0.25) is 0 Å². The maximum absolute atomic E-state index is 12.9. The number of thiophene rings is 1. The quantitative estimate of drug-likeness (QED) is 0.379. The fourth-order valence-corrected chi connectivity index (χ4v) is 4.28. The van der Waals surface area contributed by atoms with Gasteiger partial charge in [0.25, 0.3) is 5.91 Å². The molecule has 2 heterocycles. The Bertz CT molecular complexity index is 1390. The molecule has 166 valence electrons. The summed E-state index contributed by atoms with van der Waals surface area (Å²) in [7, 11) is 0. The van der Waals surface area contributed by atoms with Gasteiger partial charge in [-0.2, -0.15) is 5.26 Å². The Morgan fingerprint density at radius 2 is 1.76 bits per heavy atom. The molecule has 11 heteroatoms. The van der Waals surface area contributed by atoms with Crippen LogP contribution >= 0.6 is 11.3 Å². The zero-order valence-electron chi connectivity index (χ0n) is 16.6. The molecule has 0 atom stereocenters. The monoisotopic (exact) mass is 469 g/mol. The number of nitriles is 1. The number of amides is 1. The summed E-state index contributed by atoms with van der Waals surface area (Å²) >= 11 is 0.993. The van der Waals surface area contributed by atoms with E-state index in [1.165, 1.54) is 12.1 Å². The lowest BCUT2D eigenvalue weighted by Gasteiger charge is -2.10. The predicted octanol–water partition coefficient (Wildman–Crippen LogP) is 5.15. The smallest absolute Gasteiger partial charge is 0.406 e. The summed E-state index contributed by atoms with van der Waals surface area (Å²) in [5, 5.41) is 12.7. The van der Waals surface area contributed by atoms with Crippen LogP contribution in [0, 0.1) is 11.3 Å². The van der Waals surface area contributed by atoms with Crippen LogP contribution in [0.4, 0.5) is 30.4 Å². The number of rotatable bonds is 4. The van der Waals surface area contributed by atoms with Crippen LogP contribution in [-0.2, 0) is 0 Å². The van der Waals surface area contributed by atoms with E-state index in [0.29, 0.717) is 21.3 Å². The number of nitrogen functional groups attached to an aromatic ring is 2. The van der Waals surface area contributed by atoms with E-state index >= 15 is 0 Å². The van der Waals surface area contributed by atoms with E-state index in [1.807, 2.05) is 6.07 Å². The Hall–Kier alpha value is -4.30. The number of anilines is 3. The molecule has 0 bridgehead atoms. The van der Waals surface area contributed by atoms with E-state index in [-0.39, 0.29) is 27.6 Å². The summed E-state index contributed by atoms with van der Waals surface area (Å²) in [5.41, 5.74) is 14.0. The van der Waals surface area contributed by atoms with Crippen molar-refractivity contribution in [2.45, 2.75) is 6.36 Å². The molecule has 0 spiro atoms. The highest BCUT2D eigenvalue weighted by atomic mass is 32.1. The van der Waals surface area contributed by atoms with Crippen molar-refractivity contribution in [3.8, 4) is 22.9 Å². The second kappa shape index (κ2) is 8.33. The fourth-order valence-electron chi connectivity index (χ4n) is 3.27. The summed E-state index contributed by atoms with van der Waals surface area (Å²) in [5.74, 6) is -0.994. The number of nitrogens with one attached hydrogen (secondary N) is 1. The molecule has 0 radical (unpaired) electrons. The van der Waals surface area contributed by atoms with Crippen LogP contribution in [0.3, 0.4) is 0 Å². The lowest BCUT2D eigenvalue weighted by atomic mass is 9.97. The molecule has 0 fully saturated rings. The molecule has 33 heavy (non-hydrogen) atoms. The third-order valence-electron chi connectivity index (χ3n) is 4.63. The molecular formula is C22H14F3N5O2S. The lowest BCUT2D eigenvalue weighted by Crippen LogP contribution is -2.17. The van der Waals surface area contributed by atoms with E-state index in [1.54, 1.807) is 24.3 Å². The van der Waals surface area contributed by atoms with Crippen LogP contribution in [-0.4, -0.2) is 17.3 Å². The first-order valence-electron chi connectivity index (χ1n) is 9.32. The topological polar surface area (TPSA) is 127 Å².